The second-order valence-electron chi connectivity index (χ2n) is 5.19. The zero-order chi connectivity index (χ0) is 16.3. The van der Waals surface area contributed by atoms with Gasteiger partial charge in [-0.3, -0.25) is 19.8 Å². The van der Waals surface area contributed by atoms with E-state index in [1.54, 1.807) is 6.92 Å². The summed E-state index contributed by atoms with van der Waals surface area (Å²) in [5, 5.41) is 13.6. The normalized spacial score (nSPS) is 17.0. The number of amides is 1. The lowest BCUT2D eigenvalue weighted by Crippen LogP contribution is -2.47. The number of carbonyl (C=O) groups excluding carboxylic acids is 1. The average molecular weight is 328 g/mol. The molecule has 0 radical (unpaired) electrons. The lowest BCUT2D eigenvalue weighted by Gasteiger charge is -2.31. The molecule has 0 bridgehead atoms. The second kappa shape index (κ2) is 7.04. The highest BCUT2D eigenvalue weighted by atomic mass is 35.5. The highest BCUT2D eigenvalue weighted by molar-refractivity contribution is 6.33. The van der Waals surface area contributed by atoms with E-state index in [-0.39, 0.29) is 22.7 Å². The summed E-state index contributed by atoms with van der Waals surface area (Å²) >= 11 is 5.89. The van der Waals surface area contributed by atoms with Gasteiger partial charge in [-0.05, 0) is 25.5 Å². The molecule has 2 rings (SSSR count). The monoisotopic (exact) mass is 327 g/mol. The van der Waals surface area contributed by atoms with Gasteiger partial charge in [0.1, 0.15) is 5.02 Å². The van der Waals surface area contributed by atoms with Crippen LogP contribution in [-0.4, -0.2) is 48.1 Å². The molecule has 120 valence electrons. The van der Waals surface area contributed by atoms with E-state index < -0.39 is 4.92 Å². The number of nitrogens with one attached hydrogen (secondary N) is 1. The first-order valence-corrected chi connectivity index (χ1v) is 7.35. The third-order valence-corrected chi connectivity index (χ3v) is 4.02. The number of hydrogen-bond donors (Lipinski definition) is 1. The van der Waals surface area contributed by atoms with Crippen LogP contribution in [0.2, 0.25) is 5.02 Å². The molecule has 0 aliphatic carbocycles. The predicted octanol–water partition coefficient (Wildman–Crippen LogP) is 2.22. The van der Waals surface area contributed by atoms with E-state index in [0.717, 1.165) is 0 Å². The number of benzene rings is 1. The number of halogens is 1. The molecule has 1 heterocycles. The van der Waals surface area contributed by atoms with Gasteiger partial charge in [0.05, 0.1) is 24.2 Å². The molecule has 1 atom stereocenters. The van der Waals surface area contributed by atoms with Crippen LogP contribution >= 0.6 is 11.6 Å². The van der Waals surface area contributed by atoms with E-state index in [1.807, 2.05) is 11.8 Å². The number of anilines is 1. The van der Waals surface area contributed by atoms with Crippen molar-refractivity contribution >= 4 is 28.9 Å². The molecule has 1 aromatic carbocycles. The summed E-state index contributed by atoms with van der Waals surface area (Å²) in [6, 6.07) is 2.47. The van der Waals surface area contributed by atoms with Crippen molar-refractivity contribution in [3.63, 3.8) is 0 Å². The molecule has 1 fully saturated rings. The Morgan fingerprint density at radius 1 is 1.45 bits per heavy atom. The van der Waals surface area contributed by atoms with Gasteiger partial charge in [0.15, 0.2) is 0 Å². The molecule has 1 aromatic rings. The summed E-state index contributed by atoms with van der Waals surface area (Å²) < 4.78 is 5.26. The van der Waals surface area contributed by atoms with Crippen molar-refractivity contribution in [3.05, 3.63) is 32.8 Å². The first kappa shape index (κ1) is 16.7. The quantitative estimate of drug-likeness (QED) is 0.677. The fourth-order valence-corrected chi connectivity index (χ4v) is 2.54. The third-order valence-electron chi connectivity index (χ3n) is 3.72. The van der Waals surface area contributed by atoms with Crippen molar-refractivity contribution in [3.8, 4) is 0 Å². The van der Waals surface area contributed by atoms with E-state index in [1.165, 1.54) is 12.1 Å². The largest absolute Gasteiger partial charge is 0.379 e. The number of aryl methyl sites for hydroxylation is 1. The number of nitro groups is 1. The first-order chi connectivity index (χ1) is 10.4. The van der Waals surface area contributed by atoms with E-state index >= 15 is 0 Å². The fraction of sp³-hybridized carbons (Fsp3) is 0.500. The third kappa shape index (κ3) is 3.73. The number of ether oxygens (including phenoxy) is 1. The van der Waals surface area contributed by atoms with E-state index in [0.29, 0.717) is 37.6 Å². The SMILES string of the molecule is Cc1cc([N+](=O)[O-])c(Cl)cc1NC(=O)C(C)N1CCOCC1. The Kier molecular flexibility index (Phi) is 5.33. The molecule has 1 N–H and O–H groups in total. The molecule has 0 saturated carbocycles. The Labute approximate surface area is 133 Å². The van der Waals surface area contributed by atoms with Crippen molar-refractivity contribution in [2.45, 2.75) is 19.9 Å². The molecular weight excluding hydrogens is 310 g/mol. The Morgan fingerprint density at radius 3 is 2.68 bits per heavy atom. The highest BCUT2D eigenvalue weighted by Gasteiger charge is 2.24. The van der Waals surface area contributed by atoms with Crippen molar-refractivity contribution in [2.24, 2.45) is 0 Å². The minimum Gasteiger partial charge on any atom is -0.379 e. The van der Waals surface area contributed by atoms with Gasteiger partial charge in [-0.1, -0.05) is 11.6 Å². The first-order valence-electron chi connectivity index (χ1n) is 6.97. The molecule has 1 aliphatic heterocycles. The molecule has 1 aliphatic rings. The van der Waals surface area contributed by atoms with E-state index in [4.69, 9.17) is 16.3 Å². The number of carbonyl (C=O) groups is 1. The van der Waals surface area contributed by atoms with Crippen LogP contribution in [-0.2, 0) is 9.53 Å². The van der Waals surface area contributed by atoms with Gasteiger partial charge in [-0.25, -0.2) is 0 Å². The summed E-state index contributed by atoms with van der Waals surface area (Å²) in [6.07, 6.45) is 0. The summed E-state index contributed by atoms with van der Waals surface area (Å²) in [5.41, 5.74) is 0.915. The Bertz CT molecular complexity index is 588. The van der Waals surface area contributed by atoms with Gasteiger partial charge in [0.25, 0.3) is 5.69 Å². The Balaban J connectivity index is 2.11. The van der Waals surface area contributed by atoms with Crippen LogP contribution < -0.4 is 5.32 Å². The van der Waals surface area contributed by atoms with Crippen molar-refractivity contribution in [1.82, 2.24) is 4.90 Å². The molecule has 1 saturated heterocycles. The second-order valence-corrected chi connectivity index (χ2v) is 5.60. The number of nitrogens with zero attached hydrogens (tertiary/aromatic N) is 2. The fourth-order valence-electron chi connectivity index (χ4n) is 2.31. The van der Waals surface area contributed by atoms with Crippen molar-refractivity contribution < 1.29 is 14.5 Å². The Morgan fingerprint density at radius 2 is 2.09 bits per heavy atom. The maximum atomic E-state index is 12.3. The van der Waals surface area contributed by atoms with Gasteiger partial charge in [0, 0.05) is 24.8 Å². The van der Waals surface area contributed by atoms with Gasteiger partial charge in [0.2, 0.25) is 5.91 Å². The molecule has 1 amide bonds. The van der Waals surface area contributed by atoms with Gasteiger partial charge >= 0.3 is 0 Å². The minimum absolute atomic E-state index is 0.00456. The van der Waals surface area contributed by atoms with Crippen LogP contribution in [0.1, 0.15) is 12.5 Å². The maximum absolute atomic E-state index is 12.3. The number of hydrogen-bond acceptors (Lipinski definition) is 5. The van der Waals surface area contributed by atoms with Crippen LogP contribution in [0.25, 0.3) is 0 Å². The maximum Gasteiger partial charge on any atom is 0.288 e. The van der Waals surface area contributed by atoms with E-state index in [2.05, 4.69) is 5.32 Å². The summed E-state index contributed by atoms with van der Waals surface area (Å²) in [7, 11) is 0. The van der Waals surface area contributed by atoms with Crippen LogP contribution in [0, 0.1) is 17.0 Å². The highest BCUT2D eigenvalue weighted by Crippen LogP contribution is 2.30. The van der Waals surface area contributed by atoms with E-state index in [9.17, 15) is 14.9 Å². The zero-order valence-electron chi connectivity index (χ0n) is 12.5. The van der Waals surface area contributed by atoms with Crippen LogP contribution in [0.4, 0.5) is 11.4 Å². The molecule has 0 spiro atoms. The molecular formula is C14H18ClN3O4. The van der Waals surface area contributed by atoms with Gasteiger partial charge in [-0.15, -0.1) is 0 Å². The summed E-state index contributed by atoms with van der Waals surface area (Å²) in [5.74, 6) is -0.171. The minimum atomic E-state index is -0.544. The van der Waals surface area contributed by atoms with Crippen molar-refractivity contribution in [1.29, 1.82) is 0 Å². The van der Waals surface area contributed by atoms with Crippen molar-refractivity contribution in [2.75, 3.05) is 31.6 Å². The van der Waals surface area contributed by atoms with Gasteiger partial charge < -0.3 is 10.1 Å². The predicted molar refractivity (Wildman–Crippen MR) is 83.3 cm³/mol. The van der Waals surface area contributed by atoms with Crippen LogP contribution in [0.5, 0.6) is 0 Å². The Hall–Kier alpha value is -1.70. The lowest BCUT2D eigenvalue weighted by molar-refractivity contribution is -0.384. The molecule has 0 aromatic heterocycles. The molecule has 1 unspecified atom stereocenters. The van der Waals surface area contributed by atoms with Gasteiger partial charge in [-0.2, -0.15) is 0 Å². The number of morpholine rings is 1. The average Bonchev–Trinajstić information content (AvgIpc) is 2.50. The lowest BCUT2D eigenvalue weighted by atomic mass is 10.1. The van der Waals surface area contributed by atoms with Crippen LogP contribution in [0.3, 0.4) is 0 Å². The molecule has 22 heavy (non-hydrogen) atoms. The summed E-state index contributed by atoms with van der Waals surface area (Å²) in [6.45, 7) is 6.14. The topological polar surface area (TPSA) is 84.7 Å². The zero-order valence-corrected chi connectivity index (χ0v) is 13.2. The standard InChI is InChI=1S/C14H18ClN3O4/c1-9-7-13(18(20)21)11(15)8-12(9)16-14(19)10(2)17-3-5-22-6-4-17/h7-8,10H,3-6H2,1-2H3,(H,16,19). The smallest absolute Gasteiger partial charge is 0.288 e. The molecule has 8 heteroatoms. The van der Waals surface area contributed by atoms with Crippen LogP contribution in [0.15, 0.2) is 12.1 Å². The number of rotatable bonds is 4. The number of nitro benzene ring substituents is 1. The summed E-state index contributed by atoms with van der Waals surface area (Å²) in [4.78, 5) is 24.6. The molecule has 7 nitrogen and oxygen atoms in total.